The van der Waals surface area contributed by atoms with Crippen LogP contribution in [0.4, 0.5) is 10.1 Å². The van der Waals surface area contributed by atoms with Crippen LogP contribution in [0.1, 0.15) is 11.1 Å². The summed E-state index contributed by atoms with van der Waals surface area (Å²) in [6.45, 7) is 0.838. The second-order valence-corrected chi connectivity index (χ2v) is 5.95. The molecule has 0 atom stereocenters. The molecular formula is C20H18ClFN2O. The Morgan fingerprint density at radius 1 is 0.920 bits per heavy atom. The first kappa shape index (κ1) is 17.3. The summed E-state index contributed by atoms with van der Waals surface area (Å²) in [4.78, 5) is 0. The van der Waals surface area contributed by atoms with Crippen LogP contribution in [0.15, 0.2) is 72.8 Å². The summed E-state index contributed by atoms with van der Waals surface area (Å²) in [5, 5.41) is 0.673. The molecule has 0 bridgehead atoms. The van der Waals surface area contributed by atoms with E-state index in [-0.39, 0.29) is 5.82 Å². The average Bonchev–Trinajstić information content (AvgIpc) is 2.64. The highest BCUT2D eigenvalue weighted by molar-refractivity contribution is 6.30. The van der Waals surface area contributed by atoms with Gasteiger partial charge < -0.3 is 10.2 Å². The maximum atomic E-state index is 13.6. The average molecular weight is 357 g/mol. The van der Waals surface area contributed by atoms with E-state index in [4.69, 9.17) is 16.3 Å². The Kier molecular flexibility index (Phi) is 5.88. The Bertz CT molecular complexity index is 810. The zero-order chi connectivity index (χ0) is 17.5. The molecule has 128 valence electrons. The number of anilines is 1. The van der Waals surface area contributed by atoms with Crippen molar-refractivity contribution < 1.29 is 9.13 Å². The van der Waals surface area contributed by atoms with E-state index in [2.05, 4.69) is 10.9 Å². The molecule has 25 heavy (non-hydrogen) atoms. The topological polar surface area (TPSA) is 33.3 Å². The van der Waals surface area contributed by atoms with Crippen LogP contribution in [0.5, 0.6) is 5.75 Å². The van der Waals surface area contributed by atoms with Crippen molar-refractivity contribution in [3.63, 3.8) is 0 Å². The maximum Gasteiger partial charge on any atom is 0.127 e. The number of benzene rings is 3. The van der Waals surface area contributed by atoms with Crippen LogP contribution in [0.2, 0.25) is 5.02 Å². The first-order chi connectivity index (χ1) is 12.2. The van der Waals surface area contributed by atoms with Gasteiger partial charge in [-0.1, -0.05) is 48.0 Å². The summed E-state index contributed by atoms with van der Waals surface area (Å²) < 4.78 is 19.4. The molecule has 3 aromatic rings. The van der Waals surface area contributed by atoms with Gasteiger partial charge in [0.15, 0.2) is 0 Å². The van der Waals surface area contributed by atoms with Crippen molar-refractivity contribution in [3.8, 4) is 5.75 Å². The smallest absolute Gasteiger partial charge is 0.127 e. The molecule has 3 aromatic carbocycles. The third-order valence-electron chi connectivity index (χ3n) is 3.62. The van der Waals surface area contributed by atoms with Crippen molar-refractivity contribution in [1.82, 2.24) is 5.43 Å². The van der Waals surface area contributed by atoms with Crippen molar-refractivity contribution in [2.24, 2.45) is 0 Å². The van der Waals surface area contributed by atoms with Crippen molar-refractivity contribution >= 4 is 17.3 Å². The molecule has 2 N–H and O–H groups in total. The first-order valence-electron chi connectivity index (χ1n) is 7.90. The van der Waals surface area contributed by atoms with Crippen molar-refractivity contribution in [2.75, 3.05) is 5.43 Å². The summed E-state index contributed by atoms with van der Waals surface area (Å²) in [5.74, 6) is 0.184. The molecule has 0 spiro atoms. The predicted molar refractivity (Wildman–Crippen MR) is 99.1 cm³/mol. The molecule has 0 aromatic heterocycles. The van der Waals surface area contributed by atoms with Crippen molar-refractivity contribution in [1.29, 1.82) is 0 Å². The number of halogens is 2. The fourth-order valence-corrected chi connectivity index (χ4v) is 2.44. The van der Waals surface area contributed by atoms with Crippen molar-refractivity contribution in [2.45, 2.75) is 13.2 Å². The van der Waals surface area contributed by atoms with E-state index in [1.54, 1.807) is 18.2 Å². The van der Waals surface area contributed by atoms with Gasteiger partial charge in [-0.05, 0) is 35.9 Å². The van der Waals surface area contributed by atoms with E-state index >= 15 is 0 Å². The second kappa shape index (κ2) is 8.51. The quantitative estimate of drug-likeness (QED) is 0.572. The second-order valence-electron chi connectivity index (χ2n) is 5.51. The van der Waals surface area contributed by atoms with Crippen LogP contribution < -0.4 is 15.6 Å². The number of ether oxygens (including phenoxy) is 1. The van der Waals surface area contributed by atoms with Crippen LogP contribution in [0, 0.1) is 5.82 Å². The van der Waals surface area contributed by atoms with Gasteiger partial charge in [0.1, 0.15) is 18.2 Å². The van der Waals surface area contributed by atoms with Gasteiger partial charge >= 0.3 is 0 Å². The molecule has 3 rings (SSSR count). The van der Waals surface area contributed by atoms with Crippen LogP contribution in [0.3, 0.4) is 0 Å². The summed E-state index contributed by atoms with van der Waals surface area (Å²) in [5.41, 5.74) is 8.99. The molecule has 0 radical (unpaired) electrons. The Balaban J connectivity index is 1.62. The Labute approximate surface area is 151 Å². The Hall–Kier alpha value is -2.56. The highest BCUT2D eigenvalue weighted by Gasteiger charge is 2.06. The molecule has 0 aliphatic carbocycles. The van der Waals surface area contributed by atoms with Crippen molar-refractivity contribution in [3.05, 3.63) is 94.8 Å². The zero-order valence-corrected chi connectivity index (χ0v) is 14.3. The van der Waals surface area contributed by atoms with E-state index in [0.717, 1.165) is 16.8 Å². The minimum atomic E-state index is -0.328. The maximum absolute atomic E-state index is 13.6. The van der Waals surface area contributed by atoms with Gasteiger partial charge in [-0.2, -0.15) is 0 Å². The van der Waals surface area contributed by atoms with Gasteiger partial charge in [-0.15, -0.1) is 0 Å². The van der Waals surface area contributed by atoms with E-state index in [1.807, 2.05) is 42.5 Å². The van der Waals surface area contributed by atoms with E-state index in [0.29, 0.717) is 23.9 Å². The standard InChI is InChI=1S/C20H18ClFN2O/c21-17-9-6-15(7-10-17)14-25-20-12-18(22)11-8-16(20)13-23-24-19-4-2-1-3-5-19/h1-12,23-24H,13-14H2. The summed E-state index contributed by atoms with van der Waals surface area (Å²) in [6, 6.07) is 21.7. The fraction of sp³-hybridized carbons (Fsp3) is 0.100. The number of hydrogen-bond acceptors (Lipinski definition) is 3. The molecule has 0 heterocycles. The molecule has 3 nitrogen and oxygen atoms in total. The van der Waals surface area contributed by atoms with Crippen LogP contribution >= 0.6 is 11.6 Å². The van der Waals surface area contributed by atoms with E-state index in [9.17, 15) is 4.39 Å². The van der Waals surface area contributed by atoms with Gasteiger partial charge in [0.25, 0.3) is 0 Å². The molecule has 0 unspecified atom stereocenters. The monoisotopic (exact) mass is 356 g/mol. The molecule has 0 saturated carbocycles. The summed E-state index contributed by atoms with van der Waals surface area (Å²) in [6.07, 6.45) is 0. The molecule has 0 fully saturated rings. The third-order valence-corrected chi connectivity index (χ3v) is 3.87. The number of hydrazine groups is 1. The van der Waals surface area contributed by atoms with E-state index < -0.39 is 0 Å². The lowest BCUT2D eigenvalue weighted by Crippen LogP contribution is -2.21. The summed E-state index contributed by atoms with van der Waals surface area (Å²) in [7, 11) is 0. The SMILES string of the molecule is Fc1ccc(CNNc2ccccc2)c(OCc2ccc(Cl)cc2)c1. The lowest BCUT2D eigenvalue weighted by molar-refractivity contribution is 0.300. The molecule has 0 saturated heterocycles. The van der Waals surface area contributed by atoms with Gasteiger partial charge in [0.2, 0.25) is 0 Å². The molecule has 5 heteroatoms. The third kappa shape index (κ3) is 5.21. The number of para-hydroxylation sites is 1. The number of hydrogen-bond donors (Lipinski definition) is 2. The Morgan fingerprint density at radius 3 is 2.44 bits per heavy atom. The lowest BCUT2D eigenvalue weighted by Gasteiger charge is -2.14. The lowest BCUT2D eigenvalue weighted by atomic mass is 10.2. The predicted octanol–water partition coefficient (Wildman–Crippen LogP) is 5.17. The number of nitrogens with one attached hydrogen (secondary N) is 2. The van der Waals surface area contributed by atoms with Gasteiger partial charge in [-0.3, -0.25) is 0 Å². The van der Waals surface area contributed by atoms with Crippen LogP contribution in [-0.2, 0) is 13.2 Å². The van der Waals surface area contributed by atoms with Crippen LogP contribution in [0.25, 0.3) is 0 Å². The first-order valence-corrected chi connectivity index (χ1v) is 8.28. The van der Waals surface area contributed by atoms with E-state index in [1.165, 1.54) is 12.1 Å². The normalized spacial score (nSPS) is 10.5. The molecule has 0 aliphatic rings. The largest absolute Gasteiger partial charge is 0.488 e. The van der Waals surface area contributed by atoms with Gasteiger partial charge in [0.05, 0.1) is 0 Å². The molecular weight excluding hydrogens is 339 g/mol. The minimum Gasteiger partial charge on any atom is -0.488 e. The van der Waals surface area contributed by atoms with Gasteiger partial charge in [0, 0.05) is 28.9 Å². The van der Waals surface area contributed by atoms with Crippen LogP contribution in [-0.4, -0.2) is 0 Å². The highest BCUT2D eigenvalue weighted by atomic mass is 35.5. The molecule has 0 aliphatic heterocycles. The number of rotatable bonds is 7. The summed E-state index contributed by atoms with van der Waals surface area (Å²) >= 11 is 5.88. The Morgan fingerprint density at radius 2 is 1.68 bits per heavy atom. The van der Waals surface area contributed by atoms with Gasteiger partial charge in [-0.25, -0.2) is 9.82 Å². The highest BCUT2D eigenvalue weighted by Crippen LogP contribution is 2.22. The fourth-order valence-electron chi connectivity index (χ4n) is 2.31. The minimum absolute atomic E-state index is 0.328. The zero-order valence-electron chi connectivity index (χ0n) is 13.5. The molecule has 0 amide bonds.